The van der Waals surface area contributed by atoms with Gasteiger partial charge in [0.2, 0.25) is 6.17 Å². The van der Waals surface area contributed by atoms with E-state index in [1.807, 2.05) is 0 Å². The molecule has 5 nitrogen and oxygen atoms in total. The molecule has 0 bridgehead atoms. The molecule has 0 radical (unpaired) electrons. The Morgan fingerprint density at radius 3 is 2.57 bits per heavy atom. The molecule has 0 aromatic heterocycles. The second-order valence-electron chi connectivity index (χ2n) is 5.91. The molecule has 3 N–H and O–H groups in total. The summed E-state index contributed by atoms with van der Waals surface area (Å²) in [6.45, 7) is 6.51. The van der Waals surface area contributed by atoms with E-state index in [0.717, 1.165) is 6.07 Å². The Hall–Kier alpha value is -1.54. The third-order valence-corrected chi connectivity index (χ3v) is 4.53. The SMILES string of the molecule is CCOC(=O)C(F)C(NS(=O)C(C)(C)C)c1cc(N)ccc1F. The smallest absolute Gasteiger partial charge is 0.342 e. The highest BCUT2D eigenvalue weighted by atomic mass is 32.2. The van der Waals surface area contributed by atoms with Crippen LogP contribution < -0.4 is 10.5 Å². The number of rotatable bonds is 6. The van der Waals surface area contributed by atoms with Gasteiger partial charge < -0.3 is 10.5 Å². The zero-order chi connectivity index (χ0) is 17.8. The maximum Gasteiger partial charge on any atom is 0.342 e. The molecule has 3 unspecified atom stereocenters. The van der Waals surface area contributed by atoms with Gasteiger partial charge in [-0.25, -0.2) is 22.5 Å². The van der Waals surface area contributed by atoms with Crippen LogP contribution in [0.25, 0.3) is 0 Å². The van der Waals surface area contributed by atoms with Crippen molar-refractivity contribution in [1.82, 2.24) is 4.72 Å². The molecule has 0 spiro atoms. The molecular weight excluding hydrogens is 326 g/mol. The zero-order valence-electron chi connectivity index (χ0n) is 13.6. The fourth-order valence-electron chi connectivity index (χ4n) is 1.73. The van der Waals surface area contributed by atoms with Crippen LogP contribution >= 0.6 is 0 Å². The van der Waals surface area contributed by atoms with Crippen molar-refractivity contribution < 1.29 is 22.5 Å². The standard InChI is InChI=1S/C15H22F2N2O3S/c1-5-22-14(20)12(17)13(19-23(21)15(2,3)4)10-8-9(18)6-7-11(10)16/h6-8,12-13,19H,5,18H2,1-4H3. The summed E-state index contributed by atoms with van der Waals surface area (Å²) < 4.78 is 47.2. The molecule has 1 aromatic carbocycles. The molecule has 0 amide bonds. The minimum Gasteiger partial charge on any atom is -0.464 e. The normalized spacial score (nSPS) is 15.7. The van der Waals surface area contributed by atoms with E-state index in [0.29, 0.717) is 0 Å². The zero-order valence-corrected chi connectivity index (χ0v) is 14.4. The van der Waals surface area contributed by atoms with Crippen molar-refractivity contribution >= 4 is 22.6 Å². The lowest BCUT2D eigenvalue weighted by molar-refractivity contribution is -0.150. The summed E-state index contributed by atoms with van der Waals surface area (Å²) >= 11 is 0. The molecule has 0 saturated heterocycles. The average Bonchev–Trinajstić information content (AvgIpc) is 2.45. The van der Waals surface area contributed by atoms with E-state index in [1.54, 1.807) is 20.8 Å². The molecule has 0 aliphatic carbocycles. The van der Waals surface area contributed by atoms with Crippen molar-refractivity contribution in [1.29, 1.82) is 0 Å². The lowest BCUT2D eigenvalue weighted by Gasteiger charge is -2.26. The van der Waals surface area contributed by atoms with Crippen molar-refractivity contribution in [2.24, 2.45) is 0 Å². The van der Waals surface area contributed by atoms with Gasteiger partial charge in [0.15, 0.2) is 0 Å². The first-order chi connectivity index (χ1) is 10.6. The summed E-state index contributed by atoms with van der Waals surface area (Å²) in [6, 6.07) is 2.11. The van der Waals surface area contributed by atoms with E-state index in [2.05, 4.69) is 9.46 Å². The molecule has 0 heterocycles. The summed E-state index contributed by atoms with van der Waals surface area (Å²) in [5.74, 6) is -1.91. The van der Waals surface area contributed by atoms with Gasteiger partial charge in [-0.05, 0) is 45.9 Å². The Bertz CT molecular complexity index is 591. The van der Waals surface area contributed by atoms with Crippen LogP contribution in [0, 0.1) is 5.82 Å². The molecule has 0 aliphatic heterocycles. The molecule has 0 saturated carbocycles. The molecule has 1 rings (SSSR count). The third-order valence-electron chi connectivity index (χ3n) is 2.95. The second-order valence-corrected chi connectivity index (χ2v) is 7.91. The quantitative estimate of drug-likeness (QED) is 0.611. The summed E-state index contributed by atoms with van der Waals surface area (Å²) in [7, 11) is -1.73. The fourth-order valence-corrected chi connectivity index (χ4v) is 2.56. The first-order valence-corrected chi connectivity index (χ1v) is 8.26. The number of halogens is 2. The molecule has 130 valence electrons. The van der Waals surface area contributed by atoms with Crippen LogP contribution in [0.5, 0.6) is 0 Å². The lowest BCUT2D eigenvalue weighted by atomic mass is 10.0. The number of ether oxygens (including phenoxy) is 1. The topological polar surface area (TPSA) is 81.4 Å². The predicted octanol–water partition coefficient (Wildman–Crippen LogP) is 2.40. The van der Waals surface area contributed by atoms with Gasteiger partial charge in [0, 0.05) is 11.3 Å². The number of carbonyl (C=O) groups is 1. The number of nitrogens with one attached hydrogen (secondary N) is 1. The number of hydrogen-bond acceptors (Lipinski definition) is 4. The van der Waals surface area contributed by atoms with Crippen LogP contribution in [0.15, 0.2) is 18.2 Å². The van der Waals surface area contributed by atoms with E-state index >= 15 is 0 Å². The minimum absolute atomic E-state index is 0.0201. The molecule has 8 heteroatoms. The van der Waals surface area contributed by atoms with Gasteiger partial charge in [-0.3, -0.25) is 0 Å². The molecule has 0 aliphatic rings. The van der Waals surface area contributed by atoms with Gasteiger partial charge in [0.25, 0.3) is 0 Å². The summed E-state index contributed by atoms with van der Waals surface area (Å²) in [5.41, 5.74) is 5.63. The van der Waals surface area contributed by atoms with Crippen molar-refractivity contribution in [3.05, 3.63) is 29.6 Å². The van der Waals surface area contributed by atoms with Gasteiger partial charge >= 0.3 is 5.97 Å². The first-order valence-electron chi connectivity index (χ1n) is 7.11. The maximum atomic E-state index is 14.5. The number of esters is 1. The average molecular weight is 348 g/mol. The van der Waals surface area contributed by atoms with Crippen LogP contribution in [0.2, 0.25) is 0 Å². The summed E-state index contributed by atoms with van der Waals surface area (Å²) in [5, 5.41) is 0. The fraction of sp³-hybridized carbons (Fsp3) is 0.533. The molecular formula is C15H22F2N2O3S. The first kappa shape index (κ1) is 19.5. The Balaban J connectivity index is 3.23. The van der Waals surface area contributed by atoms with E-state index in [-0.39, 0.29) is 17.9 Å². The number of anilines is 1. The van der Waals surface area contributed by atoms with Gasteiger partial charge in [0.05, 0.1) is 28.4 Å². The summed E-state index contributed by atoms with van der Waals surface area (Å²) in [6.07, 6.45) is -2.22. The van der Waals surface area contributed by atoms with Crippen LogP contribution in [0.4, 0.5) is 14.5 Å². The monoisotopic (exact) mass is 348 g/mol. The highest BCUT2D eigenvalue weighted by molar-refractivity contribution is 7.84. The minimum atomic E-state index is -2.22. The molecule has 23 heavy (non-hydrogen) atoms. The highest BCUT2D eigenvalue weighted by Gasteiger charge is 2.36. The van der Waals surface area contributed by atoms with E-state index in [4.69, 9.17) is 5.73 Å². The Morgan fingerprint density at radius 1 is 1.43 bits per heavy atom. The van der Waals surface area contributed by atoms with E-state index < -0.39 is 39.7 Å². The van der Waals surface area contributed by atoms with Crippen molar-refractivity contribution in [2.75, 3.05) is 12.3 Å². The number of nitrogens with two attached hydrogens (primary N) is 1. The molecule has 1 aromatic rings. The van der Waals surface area contributed by atoms with Crippen molar-refractivity contribution in [3.8, 4) is 0 Å². The van der Waals surface area contributed by atoms with Crippen LogP contribution in [0.3, 0.4) is 0 Å². The number of alkyl halides is 1. The van der Waals surface area contributed by atoms with Crippen molar-refractivity contribution in [2.45, 2.75) is 44.7 Å². The van der Waals surface area contributed by atoms with Crippen molar-refractivity contribution in [3.63, 3.8) is 0 Å². The Kier molecular flexibility index (Phi) is 6.64. The lowest BCUT2D eigenvalue weighted by Crippen LogP contribution is -2.42. The number of benzene rings is 1. The third kappa shape index (κ3) is 5.24. The number of nitrogen functional groups attached to an aromatic ring is 1. The van der Waals surface area contributed by atoms with Gasteiger partial charge in [-0.2, -0.15) is 0 Å². The maximum absolute atomic E-state index is 14.5. The van der Waals surface area contributed by atoms with Gasteiger partial charge in [0.1, 0.15) is 5.82 Å². The Labute approximate surface area is 137 Å². The predicted molar refractivity (Wildman–Crippen MR) is 86.1 cm³/mol. The molecule has 0 fully saturated rings. The van der Waals surface area contributed by atoms with E-state index in [9.17, 15) is 17.8 Å². The van der Waals surface area contributed by atoms with Crippen LogP contribution in [-0.4, -0.2) is 27.7 Å². The Morgan fingerprint density at radius 2 is 2.04 bits per heavy atom. The van der Waals surface area contributed by atoms with Crippen LogP contribution in [-0.2, 0) is 20.5 Å². The largest absolute Gasteiger partial charge is 0.464 e. The van der Waals surface area contributed by atoms with Gasteiger partial charge in [-0.1, -0.05) is 0 Å². The second kappa shape index (κ2) is 7.83. The van der Waals surface area contributed by atoms with Gasteiger partial charge in [-0.15, -0.1) is 0 Å². The molecule has 3 atom stereocenters. The number of hydrogen-bond donors (Lipinski definition) is 2. The van der Waals surface area contributed by atoms with E-state index in [1.165, 1.54) is 19.1 Å². The van der Waals surface area contributed by atoms with Crippen LogP contribution in [0.1, 0.15) is 39.3 Å². The summed E-state index contributed by atoms with van der Waals surface area (Å²) in [4.78, 5) is 11.7. The number of carbonyl (C=O) groups excluding carboxylic acids is 1. The highest BCUT2D eigenvalue weighted by Crippen LogP contribution is 2.27.